The van der Waals surface area contributed by atoms with Crippen molar-refractivity contribution in [2.24, 2.45) is 5.92 Å². The lowest BCUT2D eigenvalue weighted by molar-refractivity contribution is -0.131. The third-order valence-corrected chi connectivity index (χ3v) is 4.03. The molecule has 0 bridgehead atoms. The summed E-state index contributed by atoms with van der Waals surface area (Å²) in [6, 6.07) is -0.0520. The Kier molecular flexibility index (Phi) is 4.62. The summed E-state index contributed by atoms with van der Waals surface area (Å²) in [6.07, 6.45) is 5.57. The highest BCUT2D eigenvalue weighted by molar-refractivity contribution is 5.83. The van der Waals surface area contributed by atoms with E-state index in [0.717, 1.165) is 6.54 Å². The van der Waals surface area contributed by atoms with Gasteiger partial charge in [0, 0.05) is 6.54 Å². The van der Waals surface area contributed by atoms with Crippen molar-refractivity contribution in [3.8, 4) is 0 Å². The van der Waals surface area contributed by atoms with E-state index in [0.29, 0.717) is 18.6 Å². The first kappa shape index (κ1) is 13.8. The highest BCUT2D eigenvalue weighted by Crippen LogP contribution is 2.21. The number of hydrogen-bond donors (Lipinski definition) is 1. The number of carbonyl (C=O) groups is 1. The zero-order valence-corrected chi connectivity index (χ0v) is 11.8. The summed E-state index contributed by atoms with van der Waals surface area (Å²) in [6.45, 7) is 7.63. The smallest absolute Gasteiger partial charge is 0.240 e. The van der Waals surface area contributed by atoms with Crippen LogP contribution in [-0.2, 0) is 9.53 Å². The second-order valence-corrected chi connectivity index (χ2v) is 5.89. The number of rotatable bonds is 5. The van der Waals surface area contributed by atoms with Crippen molar-refractivity contribution in [3.05, 3.63) is 0 Å². The van der Waals surface area contributed by atoms with Gasteiger partial charge in [-0.15, -0.1) is 0 Å². The normalized spacial score (nSPS) is 29.8. The van der Waals surface area contributed by atoms with Gasteiger partial charge in [-0.1, -0.05) is 26.7 Å². The molecule has 2 unspecified atom stereocenters. The molecule has 4 nitrogen and oxygen atoms in total. The van der Waals surface area contributed by atoms with Crippen LogP contribution in [-0.4, -0.2) is 42.3 Å². The van der Waals surface area contributed by atoms with Crippen LogP contribution in [0.15, 0.2) is 0 Å². The van der Waals surface area contributed by atoms with Gasteiger partial charge in [-0.05, 0) is 25.7 Å². The van der Waals surface area contributed by atoms with E-state index in [2.05, 4.69) is 19.2 Å². The van der Waals surface area contributed by atoms with Crippen molar-refractivity contribution in [2.75, 3.05) is 13.2 Å². The average molecular weight is 254 g/mol. The number of ether oxygens (including phenoxy) is 1. The highest BCUT2D eigenvalue weighted by Gasteiger charge is 2.37. The third kappa shape index (κ3) is 3.04. The van der Waals surface area contributed by atoms with E-state index in [1.807, 2.05) is 11.8 Å². The summed E-state index contributed by atoms with van der Waals surface area (Å²) in [5.41, 5.74) is 0. The van der Waals surface area contributed by atoms with Crippen molar-refractivity contribution in [1.29, 1.82) is 0 Å². The maximum Gasteiger partial charge on any atom is 0.240 e. The van der Waals surface area contributed by atoms with E-state index in [1.54, 1.807) is 0 Å². The molecule has 1 saturated carbocycles. The van der Waals surface area contributed by atoms with E-state index < -0.39 is 0 Å². The number of nitrogens with one attached hydrogen (secondary N) is 1. The zero-order valence-electron chi connectivity index (χ0n) is 11.8. The third-order valence-electron chi connectivity index (χ3n) is 4.03. The first-order valence-corrected chi connectivity index (χ1v) is 7.27. The SMILES string of the molecule is CC1NC(C(C)C)N(CCOC2CCCC2)C1=O. The summed E-state index contributed by atoms with van der Waals surface area (Å²) in [7, 11) is 0. The quantitative estimate of drug-likeness (QED) is 0.812. The second kappa shape index (κ2) is 6.02. The molecule has 18 heavy (non-hydrogen) atoms. The Morgan fingerprint density at radius 2 is 2.06 bits per heavy atom. The predicted molar refractivity (Wildman–Crippen MR) is 71.1 cm³/mol. The van der Waals surface area contributed by atoms with Gasteiger partial charge in [0.15, 0.2) is 0 Å². The number of hydrogen-bond acceptors (Lipinski definition) is 3. The minimum Gasteiger partial charge on any atom is -0.376 e. The molecule has 1 amide bonds. The Labute approximate surface area is 110 Å². The average Bonchev–Trinajstić information content (AvgIpc) is 2.92. The summed E-state index contributed by atoms with van der Waals surface area (Å²) in [5, 5.41) is 3.35. The monoisotopic (exact) mass is 254 g/mol. The van der Waals surface area contributed by atoms with Crippen LogP contribution in [0.3, 0.4) is 0 Å². The molecule has 4 heteroatoms. The van der Waals surface area contributed by atoms with Crippen LogP contribution in [0.2, 0.25) is 0 Å². The molecule has 0 spiro atoms. The Balaban J connectivity index is 1.80. The molecule has 0 radical (unpaired) electrons. The van der Waals surface area contributed by atoms with E-state index >= 15 is 0 Å². The zero-order chi connectivity index (χ0) is 13.1. The minimum atomic E-state index is -0.0520. The molecule has 1 heterocycles. The Morgan fingerprint density at radius 3 is 2.67 bits per heavy atom. The maximum absolute atomic E-state index is 12.1. The van der Waals surface area contributed by atoms with Crippen molar-refractivity contribution in [2.45, 2.75) is 64.8 Å². The van der Waals surface area contributed by atoms with Crippen molar-refractivity contribution >= 4 is 5.91 Å². The maximum atomic E-state index is 12.1. The van der Waals surface area contributed by atoms with E-state index in [-0.39, 0.29) is 18.1 Å². The largest absolute Gasteiger partial charge is 0.376 e. The van der Waals surface area contributed by atoms with Crippen LogP contribution in [0.1, 0.15) is 46.5 Å². The number of nitrogens with zero attached hydrogens (tertiary/aromatic N) is 1. The molecule has 1 saturated heterocycles. The molecule has 2 rings (SSSR count). The molecule has 0 aromatic carbocycles. The summed E-state index contributed by atoms with van der Waals surface area (Å²) in [5.74, 6) is 0.647. The Morgan fingerprint density at radius 1 is 1.39 bits per heavy atom. The van der Waals surface area contributed by atoms with Crippen molar-refractivity contribution in [3.63, 3.8) is 0 Å². The lowest BCUT2D eigenvalue weighted by Gasteiger charge is -2.27. The molecule has 1 N–H and O–H groups in total. The summed E-state index contributed by atoms with van der Waals surface area (Å²) >= 11 is 0. The van der Waals surface area contributed by atoms with Crippen LogP contribution < -0.4 is 5.32 Å². The topological polar surface area (TPSA) is 41.6 Å². The van der Waals surface area contributed by atoms with Gasteiger partial charge in [-0.2, -0.15) is 0 Å². The van der Waals surface area contributed by atoms with Gasteiger partial charge in [-0.25, -0.2) is 0 Å². The first-order valence-electron chi connectivity index (χ1n) is 7.27. The van der Waals surface area contributed by atoms with Gasteiger partial charge >= 0.3 is 0 Å². The van der Waals surface area contributed by atoms with Crippen LogP contribution >= 0.6 is 0 Å². The van der Waals surface area contributed by atoms with E-state index in [9.17, 15) is 4.79 Å². The minimum absolute atomic E-state index is 0.0520. The fraction of sp³-hybridized carbons (Fsp3) is 0.929. The highest BCUT2D eigenvalue weighted by atomic mass is 16.5. The Hall–Kier alpha value is -0.610. The fourth-order valence-corrected chi connectivity index (χ4v) is 2.98. The van der Waals surface area contributed by atoms with Crippen molar-refractivity contribution < 1.29 is 9.53 Å². The molecule has 104 valence electrons. The van der Waals surface area contributed by atoms with Gasteiger partial charge in [0.1, 0.15) is 0 Å². The molecule has 2 atom stereocenters. The molecular weight excluding hydrogens is 228 g/mol. The van der Waals surface area contributed by atoms with Gasteiger partial charge in [0.2, 0.25) is 5.91 Å². The van der Waals surface area contributed by atoms with Gasteiger partial charge in [0.25, 0.3) is 0 Å². The predicted octanol–water partition coefficient (Wildman–Crippen LogP) is 1.75. The summed E-state index contributed by atoms with van der Waals surface area (Å²) < 4.78 is 5.85. The molecular formula is C14H26N2O2. The molecule has 1 aliphatic carbocycles. The molecule has 1 aliphatic heterocycles. The number of amides is 1. The van der Waals surface area contributed by atoms with E-state index in [4.69, 9.17) is 4.74 Å². The van der Waals surface area contributed by atoms with Crippen LogP contribution in [0.5, 0.6) is 0 Å². The van der Waals surface area contributed by atoms with Crippen LogP contribution in [0, 0.1) is 5.92 Å². The van der Waals surface area contributed by atoms with E-state index in [1.165, 1.54) is 25.7 Å². The van der Waals surface area contributed by atoms with Crippen molar-refractivity contribution in [1.82, 2.24) is 10.2 Å². The molecule has 2 fully saturated rings. The molecule has 0 aromatic heterocycles. The Bertz CT molecular complexity index is 288. The standard InChI is InChI=1S/C14H26N2O2/c1-10(2)13-15-11(3)14(17)16(13)8-9-18-12-6-4-5-7-12/h10-13,15H,4-9H2,1-3H3. The fourth-order valence-electron chi connectivity index (χ4n) is 2.98. The second-order valence-electron chi connectivity index (χ2n) is 5.89. The lowest BCUT2D eigenvalue weighted by atomic mass is 10.1. The van der Waals surface area contributed by atoms with Gasteiger partial charge < -0.3 is 9.64 Å². The van der Waals surface area contributed by atoms with Gasteiger partial charge in [0.05, 0.1) is 24.9 Å². The van der Waals surface area contributed by atoms with Crippen LogP contribution in [0.25, 0.3) is 0 Å². The number of carbonyl (C=O) groups excluding carboxylic acids is 1. The van der Waals surface area contributed by atoms with Crippen LogP contribution in [0.4, 0.5) is 0 Å². The molecule has 2 aliphatic rings. The lowest BCUT2D eigenvalue weighted by Crippen LogP contribution is -2.43. The summed E-state index contributed by atoms with van der Waals surface area (Å²) in [4.78, 5) is 14.0. The van der Waals surface area contributed by atoms with Gasteiger partial charge in [-0.3, -0.25) is 10.1 Å². The molecule has 0 aromatic rings. The first-order chi connectivity index (χ1) is 8.59.